The number of benzene rings is 1. The average molecular weight is 453 g/mol. The highest BCUT2D eigenvalue weighted by Gasteiger charge is 2.22. The lowest BCUT2D eigenvalue weighted by Crippen LogP contribution is -2.40. The molecular weight excluding hydrogens is 424 g/mol. The van der Waals surface area contributed by atoms with Crippen LogP contribution >= 0.6 is 0 Å². The smallest absolute Gasteiger partial charge is 0.343 e. The first kappa shape index (κ1) is 22.7. The Morgan fingerprint density at radius 3 is 2.79 bits per heavy atom. The van der Waals surface area contributed by atoms with Gasteiger partial charge in [0.15, 0.2) is 0 Å². The van der Waals surface area contributed by atoms with Crippen molar-refractivity contribution in [2.75, 3.05) is 43.1 Å². The van der Waals surface area contributed by atoms with E-state index in [1.807, 2.05) is 26.0 Å². The summed E-state index contributed by atoms with van der Waals surface area (Å²) >= 11 is 0. The molecule has 1 saturated heterocycles. The molecule has 0 spiro atoms. The van der Waals surface area contributed by atoms with Crippen molar-refractivity contribution in [2.24, 2.45) is 7.05 Å². The maximum Gasteiger partial charge on any atom is 0.343 e. The van der Waals surface area contributed by atoms with Crippen molar-refractivity contribution in [3.05, 3.63) is 51.7 Å². The van der Waals surface area contributed by atoms with Crippen molar-refractivity contribution in [3.63, 3.8) is 0 Å². The van der Waals surface area contributed by atoms with E-state index in [1.54, 1.807) is 18.5 Å². The average Bonchev–Trinajstić information content (AvgIpc) is 2.82. The molecule has 1 aliphatic rings. The van der Waals surface area contributed by atoms with Gasteiger partial charge in [-0.2, -0.15) is 0 Å². The summed E-state index contributed by atoms with van der Waals surface area (Å²) in [7, 11) is 1.75. The molecular formula is C23H28N6O4. The van der Waals surface area contributed by atoms with Crippen LogP contribution < -0.4 is 15.8 Å². The number of esters is 1. The summed E-state index contributed by atoms with van der Waals surface area (Å²) < 4.78 is 12.2. The van der Waals surface area contributed by atoms with E-state index in [2.05, 4.69) is 20.2 Å². The number of hydrogen-bond donors (Lipinski definition) is 1. The molecule has 10 nitrogen and oxygen atoms in total. The molecule has 1 aromatic carbocycles. The van der Waals surface area contributed by atoms with Crippen LogP contribution in [0.2, 0.25) is 0 Å². The highest BCUT2D eigenvalue weighted by molar-refractivity contribution is 5.94. The Hall–Kier alpha value is -3.53. The second-order valence-electron chi connectivity index (χ2n) is 8.00. The highest BCUT2D eigenvalue weighted by atomic mass is 16.5. The van der Waals surface area contributed by atoms with E-state index < -0.39 is 5.97 Å². The Kier molecular flexibility index (Phi) is 6.55. The van der Waals surface area contributed by atoms with Gasteiger partial charge >= 0.3 is 5.97 Å². The van der Waals surface area contributed by atoms with Gasteiger partial charge in [0.05, 0.1) is 36.8 Å². The Morgan fingerprint density at radius 2 is 2.06 bits per heavy atom. The molecule has 0 aliphatic carbocycles. The number of nitrogens with zero attached hydrogens (tertiary/aromatic N) is 5. The Labute approximate surface area is 191 Å². The van der Waals surface area contributed by atoms with Gasteiger partial charge in [0, 0.05) is 31.9 Å². The third-order valence-corrected chi connectivity index (χ3v) is 5.65. The monoisotopic (exact) mass is 452 g/mol. The molecule has 0 bridgehead atoms. The molecule has 1 aliphatic heterocycles. The standard InChI is InChI=1S/C23H28N6O4/c1-5-33-22(31)18-12-24-13-25-20(18)26-15(3)16-10-14(2)11-17-19(16)27-23(28(4)21(17)30)29-6-8-32-9-7-29/h10-13,15H,5-9H2,1-4H3,(H,24,25,26)/t15-/m1/s1. The quantitative estimate of drug-likeness (QED) is 0.563. The van der Waals surface area contributed by atoms with Gasteiger partial charge in [0.25, 0.3) is 5.56 Å². The van der Waals surface area contributed by atoms with Crippen molar-refractivity contribution >= 4 is 28.6 Å². The number of rotatable bonds is 6. The van der Waals surface area contributed by atoms with Crippen molar-refractivity contribution in [1.29, 1.82) is 0 Å². The molecule has 4 rings (SSSR count). The SMILES string of the molecule is CCOC(=O)c1cncnc1N[C@H](C)c1cc(C)cc2c(=O)n(C)c(N3CCOCC3)nc12. The minimum absolute atomic E-state index is 0.104. The van der Waals surface area contributed by atoms with E-state index in [0.29, 0.717) is 49.0 Å². The van der Waals surface area contributed by atoms with Gasteiger partial charge in [-0.1, -0.05) is 6.07 Å². The fourth-order valence-electron chi connectivity index (χ4n) is 4.00. The molecule has 0 amide bonds. The Balaban J connectivity index is 1.78. The number of nitrogens with one attached hydrogen (secondary N) is 1. The minimum Gasteiger partial charge on any atom is -0.462 e. The zero-order valence-corrected chi connectivity index (χ0v) is 19.3. The Bertz CT molecular complexity index is 1240. The molecule has 2 aromatic heterocycles. The number of aryl methyl sites for hydroxylation is 1. The predicted molar refractivity (Wildman–Crippen MR) is 125 cm³/mol. The van der Waals surface area contributed by atoms with Crippen molar-refractivity contribution in [2.45, 2.75) is 26.8 Å². The maximum absolute atomic E-state index is 13.3. The molecule has 1 fully saturated rings. The maximum atomic E-state index is 13.3. The summed E-state index contributed by atoms with van der Waals surface area (Å²) in [6.45, 7) is 8.42. The third-order valence-electron chi connectivity index (χ3n) is 5.65. The second kappa shape index (κ2) is 9.53. The minimum atomic E-state index is -0.497. The predicted octanol–water partition coefficient (Wildman–Crippen LogP) is 2.22. The number of morpholine rings is 1. The zero-order chi connectivity index (χ0) is 23.5. The molecule has 3 heterocycles. The van der Waals surface area contributed by atoms with E-state index >= 15 is 0 Å². The van der Waals surface area contributed by atoms with Gasteiger partial charge in [-0.05, 0) is 32.4 Å². The van der Waals surface area contributed by atoms with Gasteiger partial charge in [0.1, 0.15) is 17.7 Å². The topological polar surface area (TPSA) is 111 Å². The lowest BCUT2D eigenvalue weighted by Gasteiger charge is -2.29. The number of carbonyl (C=O) groups is 1. The summed E-state index contributed by atoms with van der Waals surface area (Å²) in [6.07, 6.45) is 2.80. The molecule has 1 atom stereocenters. The normalized spacial score (nSPS) is 14.8. The zero-order valence-electron chi connectivity index (χ0n) is 19.3. The Morgan fingerprint density at radius 1 is 1.30 bits per heavy atom. The van der Waals surface area contributed by atoms with E-state index in [0.717, 1.165) is 11.1 Å². The molecule has 0 saturated carbocycles. The fraction of sp³-hybridized carbons (Fsp3) is 0.435. The first-order chi connectivity index (χ1) is 15.9. The second-order valence-corrected chi connectivity index (χ2v) is 8.00. The van der Waals surface area contributed by atoms with Crippen LogP contribution in [0.3, 0.4) is 0 Å². The van der Waals surface area contributed by atoms with E-state index in [4.69, 9.17) is 14.5 Å². The highest BCUT2D eigenvalue weighted by Crippen LogP contribution is 2.28. The number of anilines is 2. The molecule has 33 heavy (non-hydrogen) atoms. The summed E-state index contributed by atoms with van der Waals surface area (Å²) in [5.41, 5.74) is 2.55. The van der Waals surface area contributed by atoms with Crippen molar-refractivity contribution < 1.29 is 14.3 Å². The molecule has 0 unspecified atom stereocenters. The lowest BCUT2D eigenvalue weighted by atomic mass is 10.0. The van der Waals surface area contributed by atoms with Crippen LogP contribution in [0.25, 0.3) is 10.9 Å². The number of fused-ring (bicyclic) bond motifs is 1. The van der Waals surface area contributed by atoms with Crippen LogP contribution in [-0.4, -0.2) is 58.4 Å². The lowest BCUT2D eigenvalue weighted by molar-refractivity contribution is 0.0526. The van der Waals surface area contributed by atoms with E-state index in [-0.39, 0.29) is 23.8 Å². The van der Waals surface area contributed by atoms with Crippen LogP contribution in [0, 0.1) is 6.92 Å². The number of hydrogen-bond acceptors (Lipinski definition) is 9. The van der Waals surface area contributed by atoms with Crippen molar-refractivity contribution in [1.82, 2.24) is 19.5 Å². The molecule has 10 heteroatoms. The van der Waals surface area contributed by atoms with Gasteiger partial charge < -0.3 is 19.7 Å². The summed E-state index contributed by atoms with van der Waals surface area (Å²) in [5, 5.41) is 3.83. The number of carbonyl (C=O) groups excluding carboxylic acids is 1. The number of ether oxygens (including phenoxy) is 2. The van der Waals surface area contributed by atoms with Gasteiger partial charge in [-0.25, -0.2) is 19.7 Å². The van der Waals surface area contributed by atoms with Crippen LogP contribution in [-0.2, 0) is 16.5 Å². The van der Waals surface area contributed by atoms with Gasteiger partial charge in [-0.15, -0.1) is 0 Å². The molecule has 1 N–H and O–H groups in total. The molecule has 3 aromatic rings. The van der Waals surface area contributed by atoms with Gasteiger partial charge in [-0.3, -0.25) is 9.36 Å². The molecule has 0 radical (unpaired) electrons. The summed E-state index contributed by atoms with van der Waals surface area (Å²) in [6, 6.07) is 3.56. The third kappa shape index (κ3) is 4.51. The van der Waals surface area contributed by atoms with Crippen LogP contribution in [0.4, 0.5) is 11.8 Å². The molecule has 174 valence electrons. The van der Waals surface area contributed by atoms with E-state index in [9.17, 15) is 9.59 Å². The van der Waals surface area contributed by atoms with Crippen molar-refractivity contribution in [3.8, 4) is 0 Å². The summed E-state index contributed by atoms with van der Waals surface area (Å²) in [5.74, 6) is 0.480. The van der Waals surface area contributed by atoms with Crippen LogP contribution in [0.5, 0.6) is 0 Å². The fourth-order valence-corrected chi connectivity index (χ4v) is 4.00. The van der Waals surface area contributed by atoms with E-state index in [1.165, 1.54) is 12.5 Å². The van der Waals surface area contributed by atoms with Crippen LogP contribution in [0.1, 0.15) is 41.4 Å². The first-order valence-corrected chi connectivity index (χ1v) is 11.0. The first-order valence-electron chi connectivity index (χ1n) is 11.0. The largest absolute Gasteiger partial charge is 0.462 e. The number of aromatic nitrogens is 4. The van der Waals surface area contributed by atoms with Crippen LogP contribution in [0.15, 0.2) is 29.5 Å². The van der Waals surface area contributed by atoms with Gasteiger partial charge in [0.2, 0.25) is 5.95 Å². The summed E-state index contributed by atoms with van der Waals surface area (Å²) in [4.78, 5) is 40.8.